The first kappa shape index (κ1) is 22.3. The van der Waals surface area contributed by atoms with Gasteiger partial charge in [0.05, 0.1) is 4.90 Å². The Morgan fingerprint density at radius 2 is 1.90 bits per heavy atom. The number of guanidine groups is 1. The van der Waals surface area contributed by atoms with Gasteiger partial charge in [0.2, 0.25) is 0 Å². The number of sulfone groups is 1. The second-order valence-corrected chi connectivity index (χ2v) is 9.86. The van der Waals surface area contributed by atoms with Crippen molar-refractivity contribution in [1.29, 1.82) is 0 Å². The van der Waals surface area contributed by atoms with Gasteiger partial charge in [-0.05, 0) is 48.1 Å². The second kappa shape index (κ2) is 10.1. The third kappa shape index (κ3) is 6.06. The molecule has 0 aromatic heterocycles. The Bertz CT molecular complexity index is 1000. The van der Waals surface area contributed by atoms with Gasteiger partial charge in [-0.25, -0.2) is 8.42 Å². The molecule has 0 saturated heterocycles. The minimum Gasteiger partial charge on any atom is -0.356 e. The fourth-order valence-corrected chi connectivity index (χ4v) is 4.86. The summed E-state index contributed by atoms with van der Waals surface area (Å²) >= 11 is 0. The first-order valence-corrected chi connectivity index (χ1v) is 12.3. The van der Waals surface area contributed by atoms with Crippen LogP contribution in [-0.2, 0) is 29.3 Å². The summed E-state index contributed by atoms with van der Waals surface area (Å²) in [6.45, 7) is 6.48. The van der Waals surface area contributed by atoms with Gasteiger partial charge >= 0.3 is 0 Å². The van der Waals surface area contributed by atoms with Gasteiger partial charge in [0.25, 0.3) is 0 Å². The average molecular weight is 429 g/mol. The van der Waals surface area contributed by atoms with Crippen LogP contribution in [0.4, 0.5) is 0 Å². The normalized spacial score (nSPS) is 15.0. The number of hydrogen-bond acceptors (Lipinski definition) is 4. The van der Waals surface area contributed by atoms with Crippen LogP contribution in [0.15, 0.2) is 52.4 Å². The Kier molecular flexibility index (Phi) is 7.50. The van der Waals surface area contributed by atoms with Crippen LogP contribution in [0.3, 0.4) is 0 Å². The van der Waals surface area contributed by atoms with Crippen molar-refractivity contribution < 1.29 is 8.42 Å². The molecule has 7 heteroatoms. The summed E-state index contributed by atoms with van der Waals surface area (Å²) in [5, 5.41) is 6.66. The van der Waals surface area contributed by atoms with Crippen molar-refractivity contribution in [2.45, 2.75) is 37.8 Å². The Morgan fingerprint density at radius 1 is 1.13 bits per heavy atom. The second-order valence-electron chi connectivity index (χ2n) is 7.87. The summed E-state index contributed by atoms with van der Waals surface area (Å²) in [6.07, 6.45) is 3.41. The van der Waals surface area contributed by atoms with E-state index in [1.54, 1.807) is 13.1 Å². The molecule has 0 aliphatic carbocycles. The lowest BCUT2D eigenvalue weighted by atomic mass is 10.00. The molecular weight excluding hydrogens is 396 g/mol. The van der Waals surface area contributed by atoms with E-state index in [9.17, 15) is 8.42 Å². The largest absolute Gasteiger partial charge is 0.356 e. The monoisotopic (exact) mass is 428 g/mol. The fourth-order valence-electron chi connectivity index (χ4n) is 3.90. The van der Waals surface area contributed by atoms with Crippen LogP contribution >= 0.6 is 0 Å². The van der Waals surface area contributed by atoms with E-state index in [0.29, 0.717) is 11.4 Å². The smallest absolute Gasteiger partial charge is 0.191 e. The molecule has 0 saturated carbocycles. The number of aliphatic imine (C=N–C) groups is 1. The predicted octanol–water partition coefficient (Wildman–Crippen LogP) is 2.51. The molecule has 0 amide bonds. The van der Waals surface area contributed by atoms with Gasteiger partial charge in [-0.2, -0.15) is 0 Å². The van der Waals surface area contributed by atoms with Crippen molar-refractivity contribution in [3.63, 3.8) is 0 Å². The van der Waals surface area contributed by atoms with Gasteiger partial charge in [0.1, 0.15) is 0 Å². The fraction of sp³-hybridized carbons (Fsp3) is 0.435. The standard InChI is InChI=1S/C23H32N4O2S/c1-18-15-19(9-10-22(18)30(3,28)29)16-26-23(24-2)25-12-6-13-27-14-11-20-7-4-5-8-21(20)17-27/h4-5,7-10,15H,6,11-14,16-17H2,1-3H3,(H2,24,25,26). The molecular formula is C23H32N4O2S. The van der Waals surface area contributed by atoms with E-state index >= 15 is 0 Å². The van der Waals surface area contributed by atoms with E-state index in [1.165, 1.54) is 17.4 Å². The molecule has 0 unspecified atom stereocenters. The maximum Gasteiger partial charge on any atom is 0.191 e. The lowest BCUT2D eigenvalue weighted by molar-refractivity contribution is 0.251. The van der Waals surface area contributed by atoms with Crippen molar-refractivity contribution in [2.24, 2.45) is 4.99 Å². The molecule has 30 heavy (non-hydrogen) atoms. The zero-order valence-corrected chi connectivity index (χ0v) is 18.9. The molecule has 0 bridgehead atoms. The van der Waals surface area contributed by atoms with Crippen LogP contribution in [-0.4, -0.2) is 52.2 Å². The number of nitrogens with one attached hydrogen (secondary N) is 2. The van der Waals surface area contributed by atoms with Gasteiger partial charge in [0.15, 0.2) is 15.8 Å². The summed E-state index contributed by atoms with van der Waals surface area (Å²) in [5.41, 5.74) is 4.72. The van der Waals surface area contributed by atoms with Gasteiger partial charge < -0.3 is 10.6 Å². The lowest BCUT2D eigenvalue weighted by Gasteiger charge is -2.28. The van der Waals surface area contributed by atoms with Crippen molar-refractivity contribution >= 4 is 15.8 Å². The van der Waals surface area contributed by atoms with Crippen LogP contribution in [0.5, 0.6) is 0 Å². The van der Waals surface area contributed by atoms with Crippen LogP contribution in [0.25, 0.3) is 0 Å². The van der Waals surface area contributed by atoms with E-state index < -0.39 is 9.84 Å². The van der Waals surface area contributed by atoms with Gasteiger partial charge in [-0.1, -0.05) is 36.4 Å². The lowest BCUT2D eigenvalue weighted by Crippen LogP contribution is -2.39. The van der Waals surface area contributed by atoms with Crippen LogP contribution in [0, 0.1) is 6.92 Å². The number of benzene rings is 2. The van der Waals surface area contributed by atoms with E-state index in [0.717, 1.165) is 56.1 Å². The van der Waals surface area contributed by atoms with Gasteiger partial charge in [0, 0.05) is 46.0 Å². The summed E-state index contributed by atoms with van der Waals surface area (Å²) in [6, 6.07) is 14.1. The molecule has 1 heterocycles. The zero-order chi connectivity index (χ0) is 21.6. The quantitative estimate of drug-likeness (QED) is 0.403. The molecule has 0 fully saturated rings. The Morgan fingerprint density at radius 3 is 2.60 bits per heavy atom. The molecule has 0 radical (unpaired) electrons. The highest BCUT2D eigenvalue weighted by Crippen LogP contribution is 2.18. The van der Waals surface area contributed by atoms with E-state index in [1.807, 2.05) is 19.1 Å². The van der Waals surface area contributed by atoms with Gasteiger partial charge in [-0.3, -0.25) is 9.89 Å². The highest BCUT2D eigenvalue weighted by Gasteiger charge is 2.15. The van der Waals surface area contributed by atoms with Crippen molar-refractivity contribution in [1.82, 2.24) is 15.5 Å². The predicted molar refractivity (Wildman–Crippen MR) is 123 cm³/mol. The molecule has 0 atom stereocenters. The molecule has 6 nitrogen and oxygen atoms in total. The van der Waals surface area contributed by atoms with Crippen LogP contribution < -0.4 is 10.6 Å². The molecule has 3 rings (SSSR count). The van der Waals surface area contributed by atoms with Gasteiger partial charge in [-0.15, -0.1) is 0 Å². The third-order valence-corrected chi connectivity index (χ3v) is 6.73. The first-order chi connectivity index (χ1) is 14.4. The number of rotatable bonds is 7. The number of fused-ring (bicyclic) bond motifs is 1. The molecule has 162 valence electrons. The topological polar surface area (TPSA) is 73.8 Å². The van der Waals surface area contributed by atoms with E-state index in [4.69, 9.17) is 0 Å². The molecule has 0 spiro atoms. The molecule has 2 aromatic rings. The Hall–Kier alpha value is -2.38. The van der Waals surface area contributed by atoms with Crippen LogP contribution in [0.1, 0.15) is 28.7 Å². The number of aryl methyl sites for hydroxylation is 1. The van der Waals surface area contributed by atoms with Crippen molar-refractivity contribution in [3.8, 4) is 0 Å². The third-order valence-electron chi connectivity index (χ3n) is 5.48. The van der Waals surface area contributed by atoms with Crippen molar-refractivity contribution in [3.05, 3.63) is 64.7 Å². The minimum absolute atomic E-state index is 0.383. The summed E-state index contributed by atoms with van der Waals surface area (Å²) in [7, 11) is -1.43. The minimum atomic E-state index is -3.19. The summed E-state index contributed by atoms with van der Waals surface area (Å²) in [4.78, 5) is 7.17. The maximum absolute atomic E-state index is 11.8. The van der Waals surface area contributed by atoms with Crippen molar-refractivity contribution in [2.75, 3.05) is 32.9 Å². The highest BCUT2D eigenvalue weighted by atomic mass is 32.2. The SMILES string of the molecule is CN=C(NCCCN1CCc2ccccc2C1)NCc1ccc(S(C)(=O)=O)c(C)c1. The first-order valence-electron chi connectivity index (χ1n) is 10.4. The average Bonchev–Trinajstić information content (AvgIpc) is 2.72. The molecule has 2 N–H and O–H groups in total. The Labute approximate surface area is 180 Å². The summed E-state index contributed by atoms with van der Waals surface area (Å²) in [5.74, 6) is 0.754. The van der Waals surface area contributed by atoms with Crippen LogP contribution in [0.2, 0.25) is 0 Å². The molecule has 1 aliphatic heterocycles. The number of hydrogen-bond donors (Lipinski definition) is 2. The van der Waals surface area contributed by atoms with E-state index in [-0.39, 0.29) is 0 Å². The summed E-state index contributed by atoms with van der Waals surface area (Å²) < 4.78 is 23.5. The highest BCUT2D eigenvalue weighted by molar-refractivity contribution is 7.90. The maximum atomic E-state index is 11.8. The number of nitrogens with zero attached hydrogens (tertiary/aromatic N) is 2. The zero-order valence-electron chi connectivity index (χ0n) is 18.1. The molecule has 2 aromatic carbocycles. The van der Waals surface area contributed by atoms with E-state index in [2.05, 4.69) is 44.8 Å². The Balaban J connectivity index is 1.41. The molecule has 1 aliphatic rings.